The fraction of sp³-hybridized carbons (Fsp3) is 0.444. The molecule has 2 saturated heterocycles. The number of hydrogen-bond acceptors (Lipinski definition) is 7. The fourth-order valence-corrected chi connectivity index (χ4v) is 6.81. The molecule has 2 aliphatic heterocycles. The second-order valence-corrected chi connectivity index (χ2v) is 12.8. The number of rotatable bonds is 7. The van der Waals surface area contributed by atoms with Crippen molar-refractivity contribution in [1.82, 2.24) is 19.3 Å². The molecule has 9 nitrogen and oxygen atoms in total. The number of likely N-dealkylation sites (tertiary alicyclic amines) is 1. The summed E-state index contributed by atoms with van der Waals surface area (Å²) in [6.07, 6.45) is 5.60. The lowest BCUT2D eigenvalue weighted by Crippen LogP contribution is -2.40. The normalized spacial score (nSPS) is 19.7. The number of hydrogen-bond donors (Lipinski definition) is 1. The highest BCUT2D eigenvalue weighted by atomic mass is 79.9. The zero-order chi connectivity index (χ0) is 26.5. The summed E-state index contributed by atoms with van der Waals surface area (Å²) in [4.78, 5) is 20.0. The third kappa shape index (κ3) is 6.51. The van der Waals surface area contributed by atoms with Crippen LogP contribution in [0.25, 0.3) is 11.4 Å². The van der Waals surface area contributed by atoms with E-state index in [-0.39, 0.29) is 16.7 Å². The van der Waals surface area contributed by atoms with Gasteiger partial charge in [0.2, 0.25) is 27.6 Å². The van der Waals surface area contributed by atoms with Crippen molar-refractivity contribution in [3.63, 3.8) is 0 Å². The lowest BCUT2D eigenvalue weighted by Gasteiger charge is -2.30. The van der Waals surface area contributed by atoms with Gasteiger partial charge in [0.15, 0.2) is 0 Å². The van der Waals surface area contributed by atoms with Crippen molar-refractivity contribution < 1.29 is 17.7 Å². The van der Waals surface area contributed by atoms with E-state index < -0.39 is 10.0 Å². The molecule has 1 amide bonds. The second-order valence-electron chi connectivity index (χ2n) is 9.92. The largest absolute Gasteiger partial charge is 0.338 e. The molecule has 0 bridgehead atoms. The summed E-state index contributed by atoms with van der Waals surface area (Å²) in [5.41, 5.74) is 1.47. The highest BCUT2D eigenvalue weighted by Crippen LogP contribution is 2.25. The summed E-state index contributed by atoms with van der Waals surface area (Å²) < 4.78 is 34.1. The Balaban J connectivity index is 1.16. The maximum atomic E-state index is 13.0. The minimum absolute atomic E-state index is 0.0705. The van der Waals surface area contributed by atoms with Gasteiger partial charge in [-0.1, -0.05) is 33.9 Å². The van der Waals surface area contributed by atoms with Gasteiger partial charge >= 0.3 is 0 Å². The first-order valence-corrected chi connectivity index (χ1v) is 15.3. The summed E-state index contributed by atoms with van der Waals surface area (Å²) in [6.45, 7) is 3.05. The van der Waals surface area contributed by atoms with Crippen molar-refractivity contribution in [3.05, 3.63) is 58.9 Å². The number of piperidine rings is 1. The van der Waals surface area contributed by atoms with E-state index in [0.29, 0.717) is 43.6 Å². The van der Waals surface area contributed by atoms with E-state index in [1.54, 1.807) is 28.6 Å². The van der Waals surface area contributed by atoms with E-state index >= 15 is 0 Å². The number of anilines is 1. The quantitative estimate of drug-likeness (QED) is 0.409. The molecule has 2 aromatic carbocycles. The lowest BCUT2D eigenvalue weighted by atomic mass is 9.97. The molecular weight excluding hydrogens is 570 g/mol. The first kappa shape index (κ1) is 27.0. The first-order valence-electron chi connectivity index (χ1n) is 13.1. The van der Waals surface area contributed by atoms with Crippen LogP contribution in [-0.4, -0.2) is 59.8 Å². The smallest absolute Gasteiger partial charge is 0.243 e. The standard InChI is InChI=1S/C27H32BrN5O4S/c28-22-9-7-20(8-10-22)26-30-25(37-31-26)19-32-15-5-6-21(18-32)27(34)29-23-11-13-24(14-12-23)38(35,36)33-16-3-1-2-4-17-33/h7-14,21H,1-6,15-19H2,(H,29,34). The first-order chi connectivity index (χ1) is 18.4. The zero-order valence-corrected chi connectivity index (χ0v) is 23.6. The van der Waals surface area contributed by atoms with Crippen LogP contribution in [0.5, 0.6) is 0 Å². The molecule has 2 aliphatic rings. The van der Waals surface area contributed by atoms with Gasteiger partial charge in [-0.25, -0.2) is 8.42 Å². The number of nitrogens with one attached hydrogen (secondary N) is 1. The number of aromatic nitrogens is 2. The zero-order valence-electron chi connectivity index (χ0n) is 21.2. The highest BCUT2D eigenvalue weighted by Gasteiger charge is 2.28. The van der Waals surface area contributed by atoms with Gasteiger partial charge in [0.05, 0.1) is 17.4 Å². The third-order valence-electron chi connectivity index (χ3n) is 7.13. The van der Waals surface area contributed by atoms with Crippen LogP contribution in [-0.2, 0) is 21.4 Å². The maximum absolute atomic E-state index is 13.0. The predicted molar refractivity (Wildman–Crippen MR) is 148 cm³/mol. The van der Waals surface area contributed by atoms with Crippen molar-refractivity contribution in [2.75, 3.05) is 31.5 Å². The number of benzene rings is 2. The summed E-state index contributed by atoms with van der Waals surface area (Å²) >= 11 is 3.43. The van der Waals surface area contributed by atoms with Gasteiger partial charge in [0.1, 0.15) is 0 Å². The van der Waals surface area contributed by atoms with Crippen molar-refractivity contribution >= 4 is 37.5 Å². The topological polar surface area (TPSA) is 109 Å². The maximum Gasteiger partial charge on any atom is 0.243 e. The molecule has 11 heteroatoms. The Morgan fingerprint density at radius 2 is 1.68 bits per heavy atom. The molecule has 3 heterocycles. The highest BCUT2D eigenvalue weighted by molar-refractivity contribution is 9.10. The summed E-state index contributed by atoms with van der Waals surface area (Å²) in [5, 5.41) is 7.06. The molecular formula is C27H32BrN5O4S. The van der Waals surface area contributed by atoms with E-state index in [1.807, 2.05) is 24.3 Å². The van der Waals surface area contributed by atoms with Crippen LogP contribution in [0.2, 0.25) is 0 Å². The summed E-state index contributed by atoms with van der Waals surface area (Å²) in [6, 6.07) is 14.2. The van der Waals surface area contributed by atoms with Crippen molar-refractivity contribution in [1.29, 1.82) is 0 Å². The average molecular weight is 603 g/mol. The van der Waals surface area contributed by atoms with Crippen LogP contribution >= 0.6 is 15.9 Å². The molecule has 2 fully saturated rings. The molecule has 38 heavy (non-hydrogen) atoms. The Morgan fingerprint density at radius 1 is 0.974 bits per heavy atom. The minimum atomic E-state index is -3.51. The Hall–Kier alpha value is -2.60. The molecule has 0 aliphatic carbocycles. The number of carbonyl (C=O) groups is 1. The number of nitrogens with zero attached hydrogens (tertiary/aromatic N) is 4. The fourth-order valence-electron chi connectivity index (χ4n) is 5.03. The second kappa shape index (κ2) is 12.1. The molecule has 1 unspecified atom stereocenters. The molecule has 1 atom stereocenters. The van der Waals surface area contributed by atoms with Crippen LogP contribution in [0.4, 0.5) is 5.69 Å². The molecule has 0 saturated carbocycles. The van der Waals surface area contributed by atoms with E-state index in [2.05, 4.69) is 36.3 Å². The van der Waals surface area contributed by atoms with Crippen LogP contribution in [0.3, 0.4) is 0 Å². The van der Waals surface area contributed by atoms with Crippen molar-refractivity contribution in [2.45, 2.75) is 50.0 Å². The Morgan fingerprint density at radius 3 is 2.39 bits per heavy atom. The molecule has 0 radical (unpaired) electrons. The van der Waals surface area contributed by atoms with Gasteiger partial charge < -0.3 is 9.84 Å². The third-order valence-corrected chi connectivity index (χ3v) is 9.57. The summed E-state index contributed by atoms with van der Waals surface area (Å²) in [5.74, 6) is 0.808. The Labute approximate surface area is 231 Å². The monoisotopic (exact) mass is 601 g/mol. The van der Waals surface area contributed by atoms with Crippen molar-refractivity contribution in [2.24, 2.45) is 5.92 Å². The van der Waals surface area contributed by atoms with Crippen LogP contribution in [0, 0.1) is 5.92 Å². The van der Waals surface area contributed by atoms with E-state index in [0.717, 1.165) is 55.1 Å². The minimum Gasteiger partial charge on any atom is -0.338 e. The molecule has 3 aromatic rings. The van der Waals surface area contributed by atoms with Gasteiger partial charge in [-0.05, 0) is 80.8 Å². The number of halogens is 1. The van der Waals surface area contributed by atoms with Crippen LogP contribution in [0.1, 0.15) is 44.4 Å². The van der Waals surface area contributed by atoms with Gasteiger partial charge in [0, 0.05) is 35.4 Å². The van der Waals surface area contributed by atoms with Gasteiger partial charge in [-0.15, -0.1) is 0 Å². The van der Waals surface area contributed by atoms with Crippen molar-refractivity contribution in [3.8, 4) is 11.4 Å². The van der Waals surface area contributed by atoms with E-state index in [9.17, 15) is 13.2 Å². The average Bonchev–Trinajstić information content (AvgIpc) is 3.20. The number of carbonyl (C=O) groups excluding carboxylic acids is 1. The Kier molecular flexibility index (Phi) is 8.57. The SMILES string of the molecule is O=C(Nc1ccc(S(=O)(=O)N2CCCCCC2)cc1)C1CCCN(Cc2nc(-c3ccc(Br)cc3)no2)C1. The van der Waals surface area contributed by atoms with Gasteiger partial charge in [-0.3, -0.25) is 9.69 Å². The van der Waals surface area contributed by atoms with E-state index in [1.165, 1.54) is 0 Å². The predicted octanol–water partition coefficient (Wildman–Crippen LogP) is 4.91. The molecule has 1 aromatic heterocycles. The van der Waals surface area contributed by atoms with Gasteiger partial charge in [-0.2, -0.15) is 9.29 Å². The molecule has 0 spiro atoms. The lowest BCUT2D eigenvalue weighted by molar-refractivity contribution is -0.121. The number of sulfonamides is 1. The number of amides is 1. The van der Waals surface area contributed by atoms with Crippen LogP contribution in [0.15, 0.2) is 62.4 Å². The van der Waals surface area contributed by atoms with E-state index in [4.69, 9.17) is 4.52 Å². The van der Waals surface area contributed by atoms with Gasteiger partial charge in [0.25, 0.3) is 0 Å². The molecule has 5 rings (SSSR count). The molecule has 202 valence electrons. The summed E-state index contributed by atoms with van der Waals surface area (Å²) in [7, 11) is -3.51. The van der Waals surface area contributed by atoms with Crippen LogP contribution < -0.4 is 5.32 Å². The Bertz CT molecular complexity index is 1340. The molecule has 1 N–H and O–H groups in total.